The first kappa shape index (κ1) is 15.8. The smallest absolute Gasteiger partial charge is 0.147 e. The Labute approximate surface area is 146 Å². The predicted octanol–water partition coefficient (Wildman–Crippen LogP) is 4.43. The van der Waals surface area contributed by atoms with E-state index in [0.717, 1.165) is 41.1 Å². The molecule has 4 rings (SSSR count). The van der Waals surface area contributed by atoms with Gasteiger partial charge in [-0.15, -0.1) is 0 Å². The average Bonchev–Trinajstić information content (AvgIpc) is 2.68. The molecule has 4 nitrogen and oxygen atoms in total. The van der Waals surface area contributed by atoms with Crippen LogP contribution in [0, 0.1) is 5.82 Å². The molecule has 0 spiro atoms. The van der Waals surface area contributed by atoms with E-state index in [1.54, 1.807) is 13.2 Å². The van der Waals surface area contributed by atoms with Crippen molar-refractivity contribution in [2.75, 3.05) is 25.1 Å². The fourth-order valence-corrected chi connectivity index (χ4v) is 3.35. The van der Waals surface area contributed by atoms with E-state index in [-0.39, 0.29) is 5.82 Å². The van der Waals surface area contributed by atoms with Gasteiger partial charge in [0.05, 0.1) is 24.3 Å². The molecular formula is C20H20FN3O. The van der Waals surface area contributed by atoms with Crippen LogP contribution in [0.25, 0.3) is 22.2 Å². The summed E-state index contributed by atoms with van der Waals surface area (Å²) in [5, 5.41) is 0. The first-order valence-corrected chi connectivity index (χ1v) is 8.60. The van der Waals surface area contributed by atoms with Crippen LogP contribution in [0.3, 0.4) is 0 Å². The maximum atomic E-state index is 13.7. The molecular weight excluding hydrogens is 317 g/mol. The van der Waals surface area contributed by atoms with Crippen molar-refractivity contribution in [1.82, 2.24) is 9.97 Å². The summed E-state index contributed by atoms with van der Waals surface area (Å²) in [6, 6.07) is 10.3. The van der Waals surface area contributed by atoms with Gasteiger partial charge in [-0.3, -0.25) is 4.98 Å². The summed E-state index contributed by atoms with van der Waals surface area (Å²) in [4.78, 5) is 11.6. The Kier molecular flexibility index (Phi) is 4.22. The molecule has 2 heterocycles. The van der Waals surface area contributed by atoms with Gasteiger partial charge in [-0.2, -0.15) is 0 Å². The van der Waals surface area contributed by atoms with Gasteiger partial charge in [0.15, 0.2) is 0 Å². The third kappa shape index (κ3) is 3.14. The molecule has 0 amide bonds. The third-order valence-corrected chi connectivity index (χ3v) is 4.68. The molecule has 5 heteroatoms. The quantitative estimate of drug-likeness (QED) is 0.708. The number of halogens is 1. The average molecular weight is 337 g/mol. The molecule has 1 aromatic heterocycles. The Balaban J connectivity index is 1.77. The molecule has 0 bridgehead atoms. The molecule has 0 atom stereocenters. The van der Waals surface area contributed by atoms with E-state index in [0.29, 0.717) is 5.75 Å². The Morgan fingerprint density at radius 2 is 1.84 bits per heavy atom. The highest BCUT2D eigenvalue weighted by molar-refractivity contribution is 5.83. The maximum Gasteiger partial charge on any atom is 0.147 e. The standard InChI is InChI=1S/C20H20FN3O/c1-25-19-8-6-15(21)12-16(19)14-5-7-17-18(11-14)23-20(13-22-17)24-9-3-2-4-10-24/h5-8,11-13H,2-4,9-10H2,1H3. The first-order valence-electron chi connectivity index (χ1n) is 8.60. The Morgan fingerprint density at radius 3 is 2.64 bits per heavy atom. The summed E-state index contributed by atoms with van der Waals surface area (Å²) in [7, 11) is 1.59. The van der Waals surface area contributed by atoms with E-state index >= 15 is 0 Å². The molecule has 2 aromatic carbocycles. The van der Waals surface area contributed by atoms with Crippen LogP contribution in [0.4, 0.5) is 10.2 Å². The molecule has 0 saturated carbocycles. The highest BCUT2D eigenvalue weighted by Crippen LogP contribution is 2.32. The van der Waals surface area contributed by atoms with Crippen LogP contribution >= 0.6 is 0 Å². The number of ether oxygens (including phenoxy) is 1. The number of piperidine rings is 1. The summed E-state index contributed by atoms with van der Waals surface area (Å²) >= 11 is 0. The van der Waals surface area contributed by atoms with Gasteiger partial charge in [-0.1, -0.05) is 6.07 Å². The number of nitrogens with zero attached hydrogens (tertiary/aromatic N) is 3. The second-order valence-corrected chi connectivity index (χ2v) is 6.32. The lowest BCUT2D eigenvalue weighted by Gasteiger charge is -2.27. The van der Waals surface area contributed by atoms with E-state index in [4.69, 9.17) is 9.72 Å². The van der Waals surface area contributed by atoms with Crippen LogP contribution in [-0.2, 0) is 0 Å². The zero-order valence-corrected chi connectivity index (χ0v) is 14.2. The largest absolute Gasteiger partial charge is 0.496 e. The zero-order valence-electron chi connectivity index (χ0n) is 14.2. The van der Waals surface area contributed by atoms with E-state index in [1.165, 1.54) is 31.4 Å². The normalized spacial score (nSPS) is 14.7. The molecule has 1 aliphatic heterocycles. The number of hydrogen-bond acceptors (Lipinski definition) is 4. The van der Waals surface area contributed by atoms with Gasteiger partial charge in [0.1, 0.15) is 17.4 Å². The maximum absolute atomic E-state index is 13.7. The van der Waals surface area contributed by atoms with Gasteiger partial charge in [0, 0.05) is 18.7 Å². The minimum Gasteiger partial charge on any atom is -0.496 e. The lowest BCUT2D eigenvalue weighted by atomic mass is 10.0. The molecule has 1 saturated heterocycles. The van der Waals surface area contributed by atoms with Gasteiger partial charge < -0.3 is 9.64 Å². The van der Waals surface area contributed by atoms with Crippen LogP contribution in [0.1, 0.15) is 19.3 Å². The summed E-state index contributed by atoms with van der Waals surface area (Å²) in [6.45, 7) is 2.05. The van der Waals surface area contributed by atoms with Gasteiger partial charge in [-0.05, 0) is 55.2 Å². The van der Waals surface area contributed by atoms with Crippen molar-refractivity contribution < 1.29 is 9.13 Å². The third-order valence-electron chi connectivity index (χ3n) is 4.68. The second-order valence-electron chi connectivity index (χ2n) is 6.32. The molecule has 1 fully saturated rings. The van der Waals surface area contributed by atoms with Crippen molar-refractivity contribution in [2.24, 2.45) is 0 Å². The molecule has 0 aliphatic carbocycles. The van der Waals surface area contributed by atoms with Crippen LogP contribution in [-0.4, -0.2) is 30.2 Å². The van der Waals surface area contributed by atoms with E-state index in [9.17, 15) is 4.39 Å². The summed E-state index contributed by atoms with van der Waals surface area (Å²) in [5.41, 5.74) is 3.23. The minimum absolute atomic E-state index is 0.288. The van der Waals surface area contributed by atoms with E-state index in [1.807, 2.05) is 24.4 Å². The highest BCUT2D eigenvalue weighted by Gasteiger charge is 2.14. The summed E-state index contributed by atoms with van der Waals surface area (Å²) < 4.78 is 19.1. The van der Waals surface area contributed by atoms with Gasteiger partial charge >= 0.3 is 0 Å². The number of fused-ring (bicyclic) bond motifs is 1. The number of methoxy groups -OCH3 is 1. The topological polar surface area (TPSA) is 38.2 Å². The molecule has 0 unspecified atom stereocenters. The van der Waals surface area contributed by atoms with Crippen LogP contribution in [0.2, 0.25) is 0 Å². The summed E-state index contributed by atoms with van der Waals surface area (Å²) in [5.74, 6) is 1.26. The lowest BCUT2D eigenvalue weighted by Crippen LogP contribution is -2.30. The number of rotatable bonds is 3. The summed E-state index contributed by atoms with van der Waals surface area (Å²) in [6.07, 6.45) is 5.51. The monoisotopic (exact) mass is 337 g/mol. The molecule has 3 aromatic rings. The molecule has 128 valence electrons. The fraction of sp³-hybridized carbons (Fsp3) is 0.300. The number of anilines is 1. The van der Waals surface area contributed by atoms with Gasteiger partial charge in [0.2, 0.25) is 0 Å². The van der Waals surface area contributed by atoms with Crippen LogP contribution in [0.15, 0.2) is 42.6 Å². The zero-order chi connectivity index (χ0) is 17.2. The van der Waals surface area contributed by atoms with Crippen LogP contribution < -0.4 is 9.64 Å². The predicted molar refractivity (Wildman–Crippen MR) is 97.5 cm³/mol. The molecule has 0 radical (unpaired) electrons. The number of aromatic nitrogens is 2. The molecule has 0 N–H and O–H groups in total. The molecule has 1 aliphatic rings. The minimum atomic E-state index is -0.288. The Morgan fingerprint density at radius 1 is 1.00 bits per heavy atom. The number of hydrogen-bond donors (Lipinski definition) is 0. The van der Waals surface area contributed by atoms with Crippen molar-refractivity contribution >= 4 is 16.9 Å². The van der Waals surface area contributed by atoms with Crippen molar-refractivity contribution in [3.05, 3.63) is 48.4 Å². The lowest BCUT2D eigenvalue weighted by molar-refractivity contribution is 0.415. The number of benzene rings is 2. The highest BCUT2D eigenvalue weighted by atomic mass is 19.1. The van der Waals surface area contributed by atoms with Crippen LogP contribution in [0.5, 0.6) is 5.75 Å². The van der Waals surface area contributed by atoms with Crippen molar-refractivity contribution in [2.45, 2.75) is 19.3 Å². The first-order chi connectivity index (χ1) is 12.2. The van der Waals surface area contributed by atoms with E-state index in [2.05, 4.69) is 9.88 Å². The van der Waals surface area contributed by atoms with Gasteiger partial charge in [0.25, 0.3) is 0 Å². The SMILES string of the molecule is COc1ccc(F)cc1-c1ccc2ncc(N3CCCCC3)nc2c1. The Hall–Kier alpha value is -2.69. The van der Waals surface area contributed by atoms with E-state index < -0.39 is 0 Å². The van der Waals surface area contributed by atoms with Crippen molar-refractivity contribution in [1.29, 1.82) is 0 Å². The fourth-order valence-electron chi connectivity index (χ4n) is 3.35. The van der Waals surface area contributed by atoms with Crippen molar-refractivity contribution in [3.63, 3.8) is 0 Å². The second kappa shape index (κ2) is 6.67. The Bertz CT molecular complexity index is 907. The van der Waals surface area contributed by atoms with Crippen molar-refractivity contribution in [3.8, 4) is 16.9 Å². The molecule has 25 heavy (non-hydrogen) atoms. The van der Waals surface area contributed by atoms with Gasteiger partial charge in [-0.25, -0.2) is 9.37 Å².